The Kier molecular flexibility index (Phi) is 4.35. The molecular formula is C18H29N. The van der Waals surface area contributed by atoms with Gasteiger partial charge in [0, 0.05) is 0 Å². The fourth-order valence-electron chi connectivity index (χ4n) is 3.27. The van der Waals surface area contributed by atoms with Crippen LogP contribution in [0.15, 0.2) is 18.2 Å². The second kappa shape index (κ2) is 5.66. The fraction of sp³-hybridized carbons (Fsp3) is 0.667. The Bertz CT molecular complexity index is 428. The summed E-state index contributed by atoms with van der Waals surface area (Å²) in [5.41, 5.74) is 4.95. The van der Waals surface area contributed by atoms with Gasteiger partial charge in [-0.25, -0.2) is 0 Å². The van der Waals surface area contributed by atoms with Crippen LogP contribution in [0.1, 0.15) is 63.1 Å². The Morgan fingerprint density at radius 2 is 2.00 bits per heavy atom. The van der Waals surface area contributed by atoms with Crippen molar-refractivity contribution in [3.05, 3.63) is 34.9 Å². The number of benzene rings is 1. The molecule has 0 radical (unpaired) electrons. The maximum Gasteiger partial charge on any atom is -0.00460 e. The Labute approximate surface area is 118 Å². The zero-order valence-corrected chi connectivity index (χ0v) is 13.2. The Morgan fingerprint density at radius 1 is 1.26 bits per heavy atom. The molecule has 0 aromatic heterocycles. The van der Waals surface area contributed by atoms with E-state index in [1.165, 1.54) is 24.8 Å². The van der Waals surface area contributed by atoms with Gasteiger partial charge in [-0.1, -0.05) is 45.9 Å². The molecule has 0 bridgehead atoms. The average Bonchev–Trinajstić information content (AvgIpc) is 2.36. The first-order chi connectivity index (χ1) is 8.93. The van der Waals surface area contributed by atoms with Crippen LogP contribution < -0.4 is 5.32 Å². The van der Waals surface area contributed by atoms with Gasteiger partial charge in [0.05, 0.1) is 0 Å². The minimum atomic E-state index is 0.253. The number of fused-ring (bicyclic) bond motifs is 1. The number of nitrogens with one attached hydrogen (secondary N) is 1. The molecule has 0 saturated heterocycles. The monoisotopic (exact) mass is 259 g/mol. The molecule has 2 rings (SSSR count). The van der Waals surface area contributed by atoms with Gasteiger partial charge >= 0.3 is 0 Å². The number of hydrogen-bond donors (Lipinski definition) is 1. The SMILES string of the molecule is CNCCC1c2cc(C(C)(C)C)ccc2CCC1C. The summed E-state index contributed by atoms with van der Waals surface area (Å²) < 4.78 is 0. The van der Waals surface area contributed by atoms with E-state index in [1.807, 2.05) is 0 Å². The van der Waals surface area contributed by atoms with Crippen molar-refractivity contribution in [3.63, 3.8) is 0 Å². The van der Waals surface area contributed by atoms with Crippen molar-refractivity contribution in [3.8, 4) is 0 Å². The van der Waals surface area contributed by atoms with Gasteiger partial charge in [-0.15, -0.1) is 0 Å². The lowest BCUT2D eigenvalue weighted by Gasteiger charge is -2.33. The highest BCUT2D eigenvalue weighted by Crippen LogP contribution is 2.39. The lowest BCUT2D eigenvalue weighted by atomic mass is 9.72. The highest BCUT2D eigenvalue weighted by atomic mass is 14.8. The van der Waals surface area contributed by atoms with Gasteiger partial charge in [-0.2, -0.15) is 0 Å². The summed E-state index contributed by atoms with van der Waals surface area (Å²) in [5, 5.41) is 3.31. The average molecular weight is 259 g/mol. The Hall–Kier alpha value is -0.820. The van der Waals surface area contributed by atoms with Crippen LogP contribution in [0.4, 0.5) is 0 Å². The first-order valence-corrected chi connectivity index (χ1v) is 7.71. The minimum Gasteiger partial charge on any atom is -0.320 e. The number of rotatable bonds is 3. The summed E-state index contributed by atoms with van der Waals surface area (Å²) in [6, 6.07) is 7.21. The van der Waals surface area contributed by atoms with Crippen LogP contribution in [-0.4, -0.2) is 13.6 Å². The van der Waals surface area contributed by atoms with E-state index in [9.17, 15) is 0 Å². The maximum atomic E-state index is 3.31. The molecule has 0 fully saturated rings. The van der Waals surface area contributed by atoms with Gasteiger partial charge in [0.25, 0.3) is 0 Å². The summed E-state index contributed by atoms with van der Waals surface area (Å²) in [6.07, 6.45) is 3.87. The normalized spacial score (nSPS) is 23.2. The highest BCUT2D eigenvalue weighted by Gasteiger charge is 2.27. The zero-order valence-electron chi connectivity index (χ0n) is 13.2. The van der Waals surface area contributed by atoms with Crippen molar-refractivity contribution >= 4 is 0 Å². The predicted molar refractivity (Wildman–Crippen MR) is 83.9 cm³/mol. The molecule has 1 aromatic rings. The summed E-state index contributed by atoms with van der Waals surface area (Å²) in [5.74, 6) is 1.55. The summed E-state index contributed by atoms with van der Waals surface area (Å²) in [7, 11) is 2.06. The van der Waals surface area contributed by atoms with E-state index in [0.717, 1.165) is 18.4 Å². The lowest BCUT2D eigenvalue weighted by Crippen LogP contribution is -2.23. The Balaban J connectivity index is 2.35. The summed E-state index contributed by atoms with van der Waals surface area (Å²) in [4.78, 5) is 0. The highest BCUT2D eigenvalue weighted by molar-refractivity contribution is 5.39. The largest absolute Gasteiger partial charge is 0.320 e. The smallest absolute Gasteiger partial charge is 0.00460 e. The molecule has 1 aromatic carbocycles. The zero-order chi connectivity index (χ0) is 14.0. The summed E-state index contributed by atoms with van der Waals surface area (Å²) in [6.45, 7) is 10.5. The van der Waals surface area contributed by atoms with Crippen molar-refractivity contribution in [2.45, 2.75) is 58.3 Å². The van der Waals surface area contributed by atoms with Gasteiger partial charge in [0.2, 0.25) is 0 Å². The third-order valence-electron chi connectivity index (χ3n) is 4.67. The van der Waals surface area contributed by atoms with E-state index < -0.39 is 0 Å². The quantitative estimate of drug-likeness (QED) is 0.855. The van der Waals surface area contributed by atoms with Crippen molar-refractivity contribution in [2.24, 2.45) is 5.92 Å². The van der Waals surface area contributed by atoms with Gasteiger partial charge < -0.3 is 5.32 Å². The van der Waals surface area contributed by atoms with E-state index in [0.29, 0.717) is 0 Å². The van der Waals surface area contributed by atoms with E-state index in [4.69, 9.17) is 0 Å². The molecule has 1 aliphatic carbocycles. The summed E-state index contributed by atoms with van der Waals surface area (Å²) >= 11 is 0. The molecule has 2 unspecified atom stereocenters. The first kappa shape index (κ1) is 14.6. The maximum absolute atomic E-state index is 3.31. The van der Waals surface area contributed by atoms with Crippen LogP contribution in [0.2, 0.25) is 0 Å². The molecule has 1 N–H and O–H groups in total. The van der Waals surface area contributed by atoms with Gasteiger partial charge in [-0.05, 0) is 66.8 Å². The number of hydrogen-bond acceptors (Lipinski definition) is 1. The molecule has 0 heterocycles. The third kappa shape index (κ3) is 3.20. The number of aryl methyl sites for hydroxylation is 1. The molecule has 0 aliphatic heterocycles. The van der Waals surface area contributed by atoms with Crippen molar-refractivity contribution in [2.75, 3.05) is 13.6 Å². The first-order valence-electron chi connectivity index (χ1n) is 7.71. The van der Waals surface area contributed by atoms with E-state index in [-0.39, 0.29) is 5.41 Å². The van der Waals surface area contributed by atoms with Crippen molar-refractivity contribution in [1.82, 2.24) is 5.32 Å². The molecule has 1 heteroatoms. The fourth-order valence-corrected chi connectivity index (χ4v) is 3.27. The van der Waals surface area contributed by atoms with E-state index in [2.05, 4.69) is 58.3 Å². The van der Waals surface area contributed by atoms with Gasteiger partial charge in [-0.3, -0.25) is 0 Å². The van der Waals surface area contributed by atoms with E-state index in [1.54, 1.807) is 11.1 Å². The van der Waals surface area contributed by atoms with Crippen LogP contribution >= 0.6 is 0 Å². The van der Waals surface area contributed by atoms with Crippen molar-refractivity contribution in [1.29, 1.82) is 0 Å². The van der Waals surface area contributed by atoms with Crippen molar-refractivity contribution < 1.29 is 0 Å². The molecular weight excluding hydrogens is 230 g/mol. The molecule has 19 heavy (non-hydrogen) atoms. The van der Waals surface area contributed by atoms with Crippen LogP contribution in [0.5, 0.6) is 0 Å². The van der Waals surface area contributed by atoms with E-state index >= 15 is 0 Å². The second-order valence-electron chi connectivity index (χ2n) is 7.18. The molecule has 0 amide bonds. The lowest BCUT2D eigenvalue weighted by molar-refractivity contribution is 0.380. The molecule has 1 aliphatic rings. The molecule has 1 nitrogen and oxygen atoms in total. The minimum absolute atomic E-state index is 0.253. The van der Waals surface area contributed by atoms with Crippen LogP contribution in [0.25, 0.3) is 0 Å². The van der Waals surface area contributed by atoms with Gasteiger partial charge in [0.1, 0.15) is 0 Å². The second-order valence-corrected chi connectivity index (χ2v) is 7.18. The van der Waals surface area contributed by atoms with Crippen LogP contribution in [-0.2, 0) is 11.8 Å². The molecule has 2 atom stereocenters. The van der Waals surface area contributed by atoms with Crippen LogP contribution in [0.3, 0.4) is 0 Å². The third-order valence-corrected chi connectivity index (χ3v) is 4.67. The predicted octanol–water partition coefficient (Wildman–Crippen LogP) is 4.26. The topological polar surface area (TPSA) is 12.0 Å². The van der Waals surface area contributed by atoms with Crippen LogP contribution in [0, 0.1) is 5.92 Å². The molecule has 0 spiro atoms. The molecule has 0 saturated carbocycles. The van der Waals surface area contributed by atoms with Gasteiger partial charge in [0.15, 0.2) is 0 Å². The Morgan fingerprint density at radius 3 is 2.63 bits per heavy atom. The standard InChI is InChI=1S/C18H29N/c1-13-6-7-14-8-9-15(18(2,3)4)12-17(14)16(13)10-11-19-5/h8-9,12-13,16,19H,6-7,10-11H2,1-5H3. The molecule has 106 valence electrons.